The van der Waals surface area contributed by atoms with Gasteiger partial charge in [0.25, 0.3) is 11.8 Å². The number of carbonyl (C=O) groups excluding carboxylic acids is 3. The van der Waals surface area contributed by atoms with Crippen molar-refractivity contribution in [1.29, 1.82) is 0 Å². The van der Waals surface area contributed by atoms with Gasteiger partial charge in [-0.15, -0.1) is 11.3 Å². The molecule has 0 unspecified atom stereocenters. The van der Waals surface area contributed by atoms with Crippen LogP contribution in [0.4, 0.5) is 5.69 Å². The van der Waals surface area contributed by atoms with E-state index in [-0.39, 0.29) is 17.9 Å². The lowest BCUT2D eigenvalue weighted by Gasteiger charge is -2.24. The minimum atomic E-state index is -0.854. The van der Waals surface area contributed by atoms with E-state index in [1.165, 1.54) is 17.8 Å². The van der Waals surface area contributed by atoms with Crippen LogP contribution in [0.2, 0.25) is 0 Å². The van der Waals surface area contributed by atoms with Crippen LogP contribution in [-0.4, -0.2) is 29.9 Å². The Morgan fingerprint density at radius 3 is 2.43 bits per heavy atom. The molecule has 6 nitrogen and oxygen atoms in total. The number of benzene rings is 1. The Morgan fingerprint density at radius 2 is 1.79 bits per heavy atom. The van der Waals surface area contributed by atoms with E-state index in [4.69, 9.17) is 4.74 Å². The number of amides is 2. The summed E-state index contributed by atoms with van der Waals surface area (Å²) in [5.74, 6) is -1.03. The Hall–Kier alpha value is -2.67. The molecule has 0 aliphatic heterocycles. The molecule has 7 heteroatoms. The number of rotatable bonds is 6. The van der Waals surface area contributed by atoms with Gasteiger partial charge in [-0.1, -0.05) is 25.3 Å². The number of ether oxygens (including phenoxy) is 1. The maximum atomic E-state index is 12.3. The van der Waals surface area contributed by atoms with Crippen molar-refractivity contribution >= 4 is 34.8 Å². The highest BCUT2D eigenvalue weighted by molar-refractivity contribution is 7.12. The van der Waals surface area contributed by atoms with Crippen molar-refractivity contribution in [1.82, 2.24) is 5.32 Å². The van der Waals surface area contributed by atoms with Gasteiger partial charge in [0, 0.05) is 11.7 Å². The second kappa shape index (κ2) is 9.50. The molecular formula is C21H24N2O4S. The molecular weight excluding hydrogens is 376 g/mol. The van der Waals surface area contributed by atoms with Gasteiger partial charge >= 0.3 is 5.97 Å². The quantitative estimate of drug-likeness (QED) is 0.718. The van der Waals surface area contributed by atoms with Crippen molar-refractivity contribution in [3.05, 3.63) is 52.2 Å². The van der Waals surface area contributed by atoms with E-state index >= 15 is 0 Å². The molecule has 0 spiro atoms. The summed E-state index contributed by atoms with van der Waals surface area (Å²) >= 11 is 1.36. The lowest BCUT2D eigenvalue weighted by atomic mass is 9.95. The Labute approximate surface area is 168 Å². The van der Waals surface area contributed by atoms with Crippen LogP contribution in [0.15, 0.2) is 41.8 Å². The number of hydrogen-bond acceptors (Lipinski definition) is 5. The van der Waals surface area contributed by atoms with E-state index in [1.807, 2.05) is 11.4 Å². The van der Waals surface area contributed by atoms with Gasteiger partial charge in [0.1, 0.15) is 0 Å². The zero-order chi connectivity index (χ0) is 19.9. The highest BCUT2D eigenvalue weighted by Gasteiger charge is 2.22. The molecule has 28 heavy (non-hydrogen) atoms. The zero-order valence-corrected chi connectivity index (χ0v) is 16.6. The third kappa shape index (κ3) is 5.42. The maximum Gasteiger partial charge on any atom is 0.338 e. The first-order valence-corrected chi connectivity index (χ1v) is 10.4. The molecule has 148 valence electrons. The van der Waals surface area contributed by atoms with Gasteiger partial charge in [-0.2, -0.15) is 0 Å². The number of carbonyl (C=O) groups is 3. The molecule has 1 aliphatic carbocycles. The molecule has 0 radical (unpaired) electrons. The molecule has 2 N–H and O–H groups in total. The zero-order valence-electron chi connectivity index (χ0n) is 15.8. The highest BCUT2D eigenvalue weighted by atomic mass is 32.1. The summed E-state index contributed by atoms with van der Waals surface area (Å²) in [4.78, 5) is 37.2. The fourth-order valence-corrected chi connectivity index (χ4v) is 3.76. The fourth-order valence-electron chi connectivity index (χ4n) is 3.14. The largest absolute Gasteiger partial charge is 0.449 e. The molecule has 1 aliphatic rings. The fraction of sp³-hybridized carbons (Fsp3) is 0.381. The van der Waals surface area contributed by atoms with Crippen LogP contribution in [0.5, 0.6) is 0 Å². The van der Waals surface area contributed by atoms with E-state index < -0.39 is 12.1 Å². The van der Waals surface area contributed by atoms with E-state index in [0.717, 1.165) is 25.7 Å². The average Bonchev–Trinajstić information content (AvgIpc) is 3.24. The van der Waals surface area contributed by atoms with Crippen LogP contribution >= 0.6 is 11.3 Å². The summed E-state index contributed by atoms with van der Waals surface area (Å²) < 4.78 is 5.28. The standard InChI is InChI=1S/C21H24N2O4S/c1-14(19(24)22-16-6-3-2-4-7-16)27-21(26)15-9-11-17(12-10-15)23-20(25)18-8-5-13-28-18/h5,8-14,16H,2-4,6-7H2,1H3,(H,22,24)(H,23,25)/t14-/m0/s1. The highest BCUT2D eigenvalue weighted by Crippen LogP contribution is 2.18. The Bertz CT molecular complexity index is 811. The van der Waals surface area contributed by atoms with Gasteiger partial charge in [0.15, 0.2) is 6.10 Å². The van der Waals surface area contributed by atoms with Gasteiger partial charge < -0.3 is 15.4 Å². The van der Waals surface area contributed by atoms with Crippen LogP contribution in [-0.2, 0) is 9.53 Å². The van der Waals surface area contributed by atoms with E-state index in [2.05, 4.69) is 10.6 Å². The van der Waals surface area contributed by atoms with Crippen LogP contribution in [0, 0.1) is 0 Å². The Kier molecular flexibility index (Phi) is 6.81. The monoisotopic (exact) mass is 400 g/mol. The SMILES string of the molecule is C[C@H](OC(=O)c1ccc(NC(=O)c2cccs2)cc1)C(=O)NC1CCCCC1. The van der Waals surface area contributed by atoms with Crippen LogP contribution in [0.25, 0.3) is 0 Å². The number of thiophene rings is 1. The summed E-state index contributed by atoms with van der Waals surface area (Å²) in [7, 11) is 0. The molecule has 1 fully saturated rings. The molecule has 3 rings (SSSR count). The molecule has 1 aromatic carbocycles. The predicted octanol–water partition coefficient (Wildman–Crippen LogP) is 3.99. The van der Waals surface area contributed by atoms with Crippen molar-refractivity contribution < 1.29 is 19.1 Å². The molecule has 2 aromatic rings. The van der Waals surface area contributed by atoms with Gasteiger partial charge in [0.05, 0.1) is 10.4 Å². The normalized spacial score (nSPS) is 15.5. The second-order valence-corrected chi connectivity index (χ2v) is 7.85. The van der Waals surface area contributed by atoms with Crippen LogP contribution < -0.4 is 10.6 Å². The smallest absolute Gasteiger partial charge is 0.338 e. The van der Waals surface area contributed by atoms with Crippen molar-refractivity contribution in [2.24, 2.45) is 0 Å². The Balaban J connectivity index is 1.50. The van der Waals surface area contributed by atoms with Crippen molar-refractivity contribution in [2.45, 2.75) is 51.2 Å². The van der Waals surface area contributed by atoms with Gasteiger partial charge in [-0.3, -0.25) is 9.59 Å². The van der Waals surface area contributed by atoms with Crippen molar-refractivity contribution in [2.75, 3.05) is 5.32 Å². The van der Waals surface area contributed by atoms with E-state index in [9.17, 15) is 14.4 Å². The van der Waals surface area contributed by atoms with Gasteiger partial charge in [-0.05, 0) is 55.5 Å². The summed E-state index contributed by atoms with van der Waals surface area (Å²) in [6.45, 7) is 1.58. The number of nitrogens with one attached hydrogen (secondary N) is 2. The minimum Gasteiger partial charge on any atom is -0.449 e. The van der Waals surface area contributed by atoms with E-state index in [0.29, 0.717) is 16.1 Å². The molecule has 1 aromatic heterocycles. The second-order valence-electron chi connectivity index (χ2n) is 6.90. The number of esters is 1. The van der Waals surface area contributed by atoms with Crippen molar-refractivity contribution in [3.8, 4) is 0 Å². The predicted molar refractivity (Wildman–Crippen MR) is 109 cm³/mol. The first kappa shape index (κ1) is 20.1. The number of anilines is 1. The first-order chi connectivity index (χ1) is 13.5. The lowest BCUT2D eigenvalue weighted by Crippen LogP contribution is -2.42. The topological polar surface area (TPSA) is 84.5 Å². The third-order valence-corrected chi connectivity index (χ3v) is 5.60. The minimum absolute atomic E-state index is 0.175. The van der Waals surface area contributed by atoms with Crippen molar-refractivity contribution in [3.63, 3.8) is 0 Å². The molecule has 1 heterocycles. The average molecular weight is 401 g/mol. The number of hydrogen-bond donors (Lipinski definition) is 2. The van der Waals surface area contributed by atoms with Crippen LogP contribution in [0.3, 0.4) is 0 Å². The van der Waals surface area contributed by atoms with E-state index in [1.54, 1.807) is 37.3 Å². The molecule has 2 amide bonds. The summed E-state index contributed by atoms with van der Waals surface area (Å²) in [5.41, 5.74) is 0.907. The summed E-state index contributed by atoms with van der Waals surface area (Å²) in [6, 6.07) is 10.1. The first-order valence-electron chi connectivity index (χ1n) is 9.49. The summed E-state index contributed by atoms with van der Waals surface area (Å²) in [6.07, 6.45) is 4.55. The lowest BCUT2D eigenvalue weighted by molar-refractivity contribution is -0.130. The molecule has 0 saturated heterocycles. The van der Waals surface area contributed by atoms with Crippen LogP contribution in [0.1, 0.15) is 59.1 Å². The molecule has 0 bridgehead atoms. The third-order valence-electron chi connectivity index (χ3n) is 4.73. The maximum absolute atomic E-state index is 12.3. The van der Waals surface area contributed by atoms with Gasteiger partial charge in [0.2, 0.25) is 0 Å². The summed E-state index contributed by atoms with van der Waals surface area (Å²) in [5, 5.41) is 7.56. The van der Waals surface area contributed by atoms with Gasteiger partial charge in [-0.25, -0.2) is 4.79 Å². The Morgan fingerprint density at radius 1 is 1.07 bits per heavy atom. The molecule has 1 saturated carbocycles. The molecule has 1 atom stereocenters.